The summed E-state index contributed by atoms with van der Waals surface area (Å²) in [6.07, 6.45) is 0. The molecule has 1 heterocycles. The van der Waals surface area contributed by atoms with Crippen molar-refractivity contribution in [1.29, 1.82) is 0 Å². The van der Waals surface area contributed by atoms with Gasteiger partial charge in [-0.25, -0.2) is 0 Å². The maximum atomic E-state index is 2.53. The van der Waals surface area contributed by atoms with E-state index in [4.69, 9.17) is 0 Å². The molecule has 1 heteroatoms. The minimum atomic E-state index is -0.0429. The van der Waals surface area contributed by atoms with Crippen LogP contribution in [0.2, 0.25) is 0 Å². The largest absolute Gasteiger partial charge is 0.309 e. The van der Waals surface area contributed by atoms with Gasteiger partial charge in [0.15, 0.2) is 0 Å². The number of nitrogens with zero attached hydrogens (tertiary/aromatic N) is 1. The highest BCUT2D eigenvalue weighted by Crippen LogP contribution is 2.59. The first-order valence-corrected chi connectivity index (χ1v) is 15.5. The summed E-state index contributed by atoms with van der Waals surface area (Å²) in [5.41, 5.74) is 17.0. The zero-order valence-electron chi connectivity index (χ0n) is 24.7. The molecule has 0 spiro atoms. The van der Waals surface area contributed by atoms with Crippen LogP contribution in [0.4, 0.5) is 0 Å². The Kier molecular flexibility index (Phi) is 4.58. The molecule has 0 N–H and O–H groups in total. The van der Waals surface area contributed by atoms with E-state index in [2.05, 4.69) is 158 Å². The van der Waals surface area contributed by atoms with Gasteiger partial charge in [0.1, 0.15) is 0 Å². The lowest BCUT2D eigenvalue weighted by Gasteiger charge is -2.22. The molecular formula is C43H29N. The number of benzene rings is 7. The molecule has 7 aromatic carbocycles. The third kappa shape index (κ3) is 2.89. The minimum Gasteiger partial charge on any atom is -0.309 e. The van der Waals surface area contributed by atoms with E-state index in [1.54, 1.807) is 0 Å². The van der Waals surface area contributed by atoms with Crippen LogP contribution in [0.3, 0.4) is 0 Å². The van der Waals surface area contributed by atoms with Crippen LogP contribution in [0, 0.1) is 0 Å². The zero-order chi connectivity index (χ0) is 29.2. The predicted molar refractivity (Wildman–Crippen MR) is 186 cm³/mol. The van der Waals surface area contributed by atoms with Gasteiger partial charge >= 0.3 is 0 Å². The molecular weight excluding hydrogens is 530 g/mol. The summed E-state index contributed by atoms with van der Waals surface area (Å²) in [7, 11) is 0. The lowest BCUT2D eigenvalue weighted by atomic mass is 9.81. The molecule has 44 heavy (non-hydrogen) atoms. The highest BCUT2D eigenvalue weighted by atomic mass is 15.0. The van der Waals surface area contributed by atoms with Gasteiger partial charge in [-0.05, 0) is 79.0 Å². The van der Waals surface area contributed by atoms with E-state index in [0.29, 0.717) is 0 Å². The molecule has 0 radical (unpaired) electrons. The fraction of sp³-hybridized carbons (Fsp3) is 0.0698. The fourth-order valence-corrected chi connectivity index (χ4v) is 8.43. The van der Waals surface area contributed by atoms with Gasteiger partial charge in [0.25, 0.3) is 0 Å². The van der Waals surface area contributed by atoms with Crippen molar-refractivity contribution < 1.29 is 0 Å². The topological polar surface area (TPSA) is 4.93 Å². The molecule has 0 saturated heterocycles. The van der Waals surface area contributed by atoms with E-state index in [1.165, 1.54) is 93.9 Å². The van der Waals surface area contributed by atoms with Crippen molar-refractivity contribution in [3.8, 4) is 50.2 Å². The Morgan fingerprint density at radius 2 is 1.05 bits per heavy atom. The van der Waals surface area contributed by atoms with Crippen molar-refractivity contribution in [2.75, 3.05) is 0 Å². The minimum absolute atomic E-state index is 0.0429. The number of rotatable bonds is 3. The monoisotopic (exact) mass is 559 g/mol. The average Bonchev–Trinajstić information content (AvgIpc) is 3.48. The van der Waals surface area contributed by atoms with Crippen LogP contribution < -0.4 is 0 Å². The van der Waals surface area contributed by atoms with E-state index < -0.39 is 0 Å². The van der Waals surface area contributed by atoms with Crippen molar-refractivity contribution in [3.63, 3.8) is 0 Å². The number of hydrogen-bond acceptors (Lipinski definition) is 0. The molecule has 2 aliphatic carbocycles. The van der Waals surface area contributed by atoms with Gasteiger partial charge in [-0.2, -0.15) is 0 Å². The van der Waals surface area contributed by atoms with Gasteiger partial charge in [-0.1, -0.05) is 135 Å². The lowest BCUT2D eigenvalue weighted by Crippen LogP contribution is -2.14. The molecule has 0 unspecified atom stereocenters. The van der Waals surface area contributed by atoms with Crippen molar-refractivity contribution in [3.05, 3.63) is 151 Å². The summed E-state index contributed by atoms with van der Waals surface area (Å²) in [6, 6.07) is 51.8. The van der Waals surface area contributed by atoms with Crippen LogP contribution in [0.15, 0.2) is 140 Å². The summed E-state index contributed by atoms with van der Waals surface area (Å²) in [5.74, 6) is 0. The molecule has 1 aromatic heterocycles. The Bertz CT molecular complexity index is 2510. The first-order valence-electron chi connectivity index (χ1n) is 15.5. The number of fused-ring (bicyclic) bond motifs is 1. The second-order valence-electron chi connectivity index (χ2n) is 12.9. The summed E-state index contributed by atoms with van der Waals surface area (Å²) < 4.78 is 2.53. The molecule has 0 fully saturated rings. The zero-order valence-corrected chi connectivity index (χ0v) is 24.7. The van der Waals surface area contributed by atoms with Crippen LogP contribution in [0.5, 0.6) is 0 Å². The van der Waals surface area contributed by atoms with Crippen LogP contribution in [0.1, 0.15) is 25.0 Å². The molecule has 1 nitrogen and oxygen atoms in total. The Morgan fingerprint density at radius 3 is 1.91 bits per heavy atom. The third-order valence-corrected chi connectivity index (χ3v) is 10.3. The molecule has 2 aliphatic rings. The Hall–Kier alpha value is -5.40. The summed E-state index contributed by atoms with van der Waals surface area (Å²) in [5, 5.41) is 5.44. The molecule has 8 aromatic rings. The van der Waals surface area contributed by atoms with E-state index in [0.717, 1.165) is 0 Å². The van der Waals surface area contributed by atoms with E-state index in [1.807, 2.05) is 0 Å². The van der Waals surface area contributed by atoms with Crippen molar-refractivity contribution >= 4 is 32.6 Å². The second kappa shape index (κ2) is 8.36. The van der Waals surface area contributed by atoms with Crippen molar-refractivity contribution in [1.82, 2.24) is 4.57 Å². The normalized spacial score (nSPS) is 13.9. The number of aromatic nitrogens is 1. The molecule has 10 rings (SSSR count). The van der Waals surface area contributed by atoms with Gasteiger partial charge < -0.3 is 4.57 Å². The van der Waals surface area contributed by atoms with E-state index in [9.17, 15) is 0 Å². The Morgan fingerprint density at radius 1 is 0.409 bits per heavy atom. The van der Waals surface area contributed by atoms with Gasteiger partial charge in [0.2, 0.25) is 0 Å². The highest BCUT2D eigenvalue weighted by Gasteiger charge is 2.40. The van der Waals surface area contributed by atoms with Gasteiger partial charge in [0, 0.05) is 21.8 Å². The molecule has 0 saturated carbocycles. The number of para-hydroxylation sites is 1. The molecule has 0 amide bonds. The SMILES string of the molecule is CC1(C)c2cccc3c2-c2c1ccc1ccc4c(c21)c1c-3cccc1n4-c1ccccc1-c1ccccc1-c1ccccc1. The summed E-state index contributed by atoms with van der Waals surface area (Å²) in [6.45, 7) is 4.78. The van der Waals surface area contributed by atoms with Gasteiger partial charge in [-0.15, -0.1) is 0 Å². The standard InChI is InChI=1S/C43H29N/c1-43(2)33-19-10-17-31-32-18-11-21-36-40(32)42-37(25-23-27-22-24-34(43)41(38(27)42)39(31)33)44(36)35-20-9-8-16-30(35)29-15-7-6-14-28(29)26-12-4-3-5-13-26/h3-25H,1-2H3. The summed E-state index contributed by atoms with van der Waals surface area (Å²) in [4.78, 5) is 0. The number of hydrogen-bond donors (Lipinski definition) is 0. The lowest BCUT2D eigenvalue weighted by molar-refractivity contribution is 0.661. The first-order chi connectivity index (χ1) is 21.6. The van der Waals surface area contributed by atoms with Crippen LogP contribution >= 0.6 is 0 Å². The van der Waals surface area contributed by atoms with Crippen molar-refractivity contribution in [2.45, 2.75) is 19.3 Å². The predicted octanol–water partition coefficient (Wildman–Crippen LogP) is 11.6. The Balaban J connectivity index is 1.38. The van der Waals surface area contributed by atoms with Crippen LogP contribution in [-0.4, -0.2) is 4.57 Å². The maximum absolute atomic E-state index is 2.53. The average molecular weight is 560 g/mol. The smallest absolute Gasteiger partial charge is 0.0548 e. The quantitative estimate of drug-likeness (QED) is 0.203. The second-order valence-corrected chi connectivity index (χ2v) is 12.9. The van der Waals surface area contributed by atoms with E-state index >= 15 is 0 Å². The fourth-order valence-electron chi connectivity index (χ4n) is 8.43. The summed E-state index contributed by atoms with van der Waals surface area (Å²) >= 11 is 0. The molecule has 0 atom stereocenters. The molecule has 0 bridgehead atoms. The highest BCUT2D eigenvalue weighted by molar-refractivity contribution is 6.31. The van der Waals surface area contributed by atoms with Crippen LogP contribution in [0.25, 0.3) is 82.8 Å². The Labute approximate surface area is 256 Å². The maximum Gasteiger partial charge on any atom is 0.0548 e. The van der Waals surface area contributed by atoms with E-state index in [-0.39, 0.29) is 5.41 Å². The molecule has 206 valence electrons. The first kappa shape index (κ1) is 24.1. The molecule has 0 aliphatic heterocycles. The van der Waals surface area contributed by atoms with Crippen molar-refractivity contribution in [2.24, 2.45) is 0 Å². The van der Waals surface area contributed by atoms with Crippen LogP contribution in [-0.2, 0) is 5.41 Å². The third-order valence-electron chi connectivity index (χ3n) is 10.3. The van der Waals surface area contributed by atoms with Gasteiger partial charge in [-0.3, -0.25) is 0 Å². The van der Waals surface area contributed by atoms with Gasteiger partial charge in [0.05, 0.1) is 16.7 Å².